The summed E-state index contributed by atoms with van der Waals surface area (Å²) in [6, 6.07) is 14.7. The normalized spacial score (nSPS) is 17.3. The highest BCUT2D eigenvalue weighted by atomic mass is 35.5. The summed E-state index contributed by atoms with van der Waals surface area (Å²) < 4.78 is 40.2. The first-order chi connectivity index (χ1) is 21.7. The number of halogens is 5. The average molecular weight is 669 g/mol. The highest BCUT2D eigenvalue weighted by Crippen LogP contribution is 2.43. The maximum Gasteiger partial charge on any atom is 0.417 e. The third-order valence-electron chi connectivity index (χ3n) is 8.13. The summed E-state index contributed by atoms with van der Waals surface area (Å²) in [6.07, 6.45) is -2.12. The van der Waals surface area contributed by atoms with Crippen molar-refractivity contribution in [2.24, 2.45) is 0 Å². The summed E-state index contributed by atoms with van der Waals surface area (Å²) in [7, 11) is 0. The molecule has 0 unspecified atom stereocenters. The first-order valence-corrected chi connectivity index (χ1v) is 15.0. The number of anilines is 2. The van der Waals surface area contributed by atoms with Crippen molar-refractivity contribution in [3.8, 4) is 0 Å². The molecule has 4 aromatic rings. The van der Waals surface area contributed by atoms with E-state index in [9.17, 15) is 27.6 Å². The maximum atomic E-state index is 13.9. The Hall–Kier alpha value is -4.48. The summed E-state index contributed by atoms with van der Waals surface area (Å²) in [5.41, 5.74) is 0.440. The minimum absolute atomic E-state index is 0.0264. The van der Waals surface area contributed by atoms with Crippen LogP contribution in [0.1, 0.15) is 56.9 Å². The van der Waals surface area contributed by atoms with Gasteiger partial charge in [0.05, 0.1) is 27.4 Å². The van der Waals surface area contributed by atoms with E-state index < -0.39 is 40.9 Å². The van der Waals surface area contributed by atoms with E-state index in [0.717, 1.165) is 6.07 Å². The molecule has 46 heavy (non-hydrogen) atoms. The SMILES string of the molecule is CC1(C)CN(C(=O)c2ccc(CN3C(=O)c4ccc(Cl)cc4NC(=O)[C@H]3Cc3ccccn3)cc2Cl)c2ncc(C(F)(F)F)cc21. The largest absolute Gasteiger partial charge is 0.417 e. The molecule has 0 saturated carbocycles. The van der Waals surface area contributed by atoms with E-state index >= 15 is 0 Å². The Labute approximate surface area is 272 Å². The lowest BCUT2D eigenvalue weighted by atomic mass is 9.87. The summed E-state index contributed by atoms with van der Waals surface area (Å²) in [4.78, 5) is 52.2. The van der Waals surface area contributed by atoms with Gasteiger partial charge in [0.15, 0.2) is 0 Å². The molecule has 0 aliphatic carbocycles. The van der Waals surface area contributed by atoms with E-state index in [4.69, 9.17) is 23.2 Å². The number of pyridine rings is 2. The minimum Gasteiger partial charge on any atom is -0.323 e. The minimum atomic E-state index is -4.57. The second kappa shape index (κ2) is 11.7. The van der Waals surface area contributed by atoms with Gasteiger partial charge >= 0.3 is 6.18 Å². The second-order valence-corrected chi connectivity index (χ2v) is 12.7. The smallest absolute Gasteiger partial charge is 0.323 e. The number of alkyl halides is 3. The number of amides is 3. The lowest BCUT2D eigenvalue weighted by Gasteiger charge is -2.29. The molecule has 3 amide bonds. The zero-order valence-corrected chi connectivity index (χ0v) is 26.0. The van der Waals surface area contributed by atoms with Crippen LogP contribution in [0.5, 0.6) is 0 Å². The van der Waals surface area contributed by atoms with Gasteiger partial charge in [-0.15, -0.1) is 0 Å². The van der Waals surface area contributed by atoms with Crippen LogP contribution >= 0.6 is 23.2 Å². The van der Waals surface area contributed by atoms with E-state index in [2.05, 4.69) is 15.3 Å². The van der Waals surface area contributed by atoms with Crippen LogP contribution in [-0.2, 0) is 29.4 Å². The molecule has 13 heteroatoms. The Morgan fingerprint density at radius 2 is 1.83 bits per heavy atom. The molecular formula is C33H26Cl2F3N5O3. The van der Waals surface area contributed by atoms with Gasteiger partial charge in [-0.2, -0.15) is 13.2 Å². The number of benzene rings is 2. The van der Waals surface area contributed by atoms with Gasteiger partial charge < -0.3 is 10.2 Å². The summed E-state index contributed by atoms with van der Waals surface area (Å²) in [5.74, 6) is -1.23. The predicted molar refractivity (Wildman–Crippen MR) is 167 cm³/mol. The number of carbonyl (C=O) groups excluding carboxylic acids is 3. The molecule has 2 aromatic carbocycles. The molecule has 1 N–H and O–H groups in total. The van der Waals surface area contributed by atoms with Gasteiger partial charge in [0.1, 0.15) is 11.9 Å². The standard InChI is InChI=1S/C33H26Cl2F3N5O3/c1-32(2)17-43(28-24(32)12-19(15-40-28)33(36,37)38)30(45)22-8-6-18(11-25(22)35)16-42-27(14-21-5-3-4-10-39-21)29(44)41-26-13-20(34)7-9-23(26)31(42)46/h3-13,15,27H,14,16-17H2,1-2H3,(H,41,44)/t27-/m1/s1. The fraction of sp³-hybridized carbons (Fsp3) is 0.242. The van der Waals surface area contributed by atoms with Crippen molar-refractivity contribution in [1.82, 2.24) is 14.9 Å². The maximum absolute atomic E-state index is 13.9. The molecule has 0 radical (unpaired) electrons. The Morgan fingerprint density at radius 1 is 1.04 bits per heavy atom. The van der Waals surface area contributed by atoms with Crippen LogP contribution in [0, 0.1) is 0 Å². The molecular weight excluding hydrogens is 642 g/mol. The Kier molecular flexibility index (Phi) is 8.02. The van der Waals surface area contributed by atoms with Crippen LogP contribution < -0.4 is 10.2 Å². The molecule has 0 bridgehead atoms. The number of carbonyl (C=O) groups is 3. The summed E-state index contributed by atoms with van der Waals surface area (Å²) in [6.45, 7) is 3.56. The zero-order chi connectivity index (χ0) is 33.0. The van der Waals surface area contributed by atoms with Crippen molar-refractivity contribution in [2.45, 2.75) is 44.4 Å². The quantitative estimate of drug-likeness (QED) is 0.249. The van der Waals surface area contributed by atoms with Crippen LogP contribution in [0.3, 0.4) is 0 Å². The highest BCUT2D eigenvalue weighted by molar-refractivity contribution is 6.34. The zero-order valence-electron chi connectivity index (χ0n) is 24.5. The average Bonchev–Trinajstić information content (AvgIpc) is 3.23. The number of nitrogens with one attached hydrogen (secondary N) is 1. The molecule has 0 saturated heterocycles. The van der Waals surface area contributed by atoms with Crippen molar-refractivity contribution in [2.75, 3.05) is 16.8 Å². The van der Waals surface area contributed by atoms with E-state index in [1.165, 1.54) is 28.0 Å². The molecule has 0 spiro atoms. The molecule has 2 aliphatic rings. The van der Waals surface area contributed by atoms with Crippen molar-refractivity contribution in [3.63, 3.8) is 0 Å². The first kappa shape index (κ1) is 31.5. The van der Waals surface area contributed by atoms with E-state index in [0.29, 0.717) is 33.7 Å². The van der Waals surface area contributed by atoms with Crippen molar-refractivity contribution < 1.29 is 27.6 Å². The van der Waals surface area contributed by atoms with Crippen molar-refractivity contribution >= 4 is 52.4 Å². The van der Waals surface area contributed by atoms with Gasteiger partial charge in [0.2, 0.25) is 5.91 Å². The van der Waals surface area contributed by atoms with Crippen LogP contribution in [-0.4, -0.2) is 45.2 Å². The topological polar surface area (TPSA) is 95.5 Å². The summed E-state index contributed by atoms with van der Waals surface area (Å²) >= 11 is 12.8. The van der Waals surface area contributed by atoms with E-state index in [1.807, 2.05) is 0 Å². The number of rotatable bonds is 5. The van der Waals surface area contributed by atoms with Crippen LogP contribution in [0.25, 0.3) is 0 Å². The van der Waals surface area contributed by atoms with Gasteiger partial charge in [0.25, 0.3) is 11.8 Å². The van der Waals surface area contributed by atoms with Crippen LogP contribution in [0.4, 0.5) is 24.7 Å². The Bertz CT molecular complexity index is 1880. The fourth-order valence-electron chi connectivity index (χ4n) is 5.78. The number of aromatic nitrogens is 2. The Morgan fingerprint density at radius 3 is 2.52 bits per heavy atom. The molecule has 0 fully saturated rings. The van der Waals surface area contributed by atoms with Crippen LogP contribution in [0.2, 0.25) is 10.0 Å². The van der Waals surface area contributed by atoms with Crippen LogP contribution in [0.15, 0.2) is 73.1 Å². The number of hydrogen-bond donors (Lipinski definition) is 1. The molecule has 2 aliphatic heterocycles. The fourth-order valence-corrected chi connectivity index (χ4v) is 6.24. The number of fused-ring (bicyclic) bond motifs is 2. The second-order valence-electron chi connectivity index (χ2n) is 11.8. The monoisotopic (exact) mass is 667 g/mol. The van der Waals surface area contributed by atoms with Crippen molar-refractivity contribution in [3.05, 3.63) is 117 Å². The molecule has 6 rings (SSSR count). The third kappa shape index (κ3) is 5.92. The number of nitrogens with zero attached hydrogens (tertiary/aromatic N) is 4. The van der Waals surface area contributed by atoms with E-state index in [-0.39, 0.29) is 41.5 Å². The van der Waals surface area contributed by atoms with Gasteiger partial charge in [0, 0.05) is 53.6 Å². The predicted octanol–water partition coefficient (Wildman–Crippen LogP) is 6.95. The molecule has 2 aromatic heterocycles. The molecule has 1 atom stereocenters. The highest BCUT2D eigenvalue weighted by Gasteiger charge is 2.43. The van der Waals surface area contributed by atoms with E-state index in [1.54, 1.807) is 56.4 Å². The first-order valence-electron chi connectivity index (χ1n) is 14.2. The lowest BCUT2D eigenvalue weighted by Crippen LogP contribution is -2.46. The molecule has 8 nitrogen and oxygen atoms in total. The summed E-state index contributed by atoms with van der Waals surface area (Å²) in [5, 5.41) is 3.24. The number of hydrogen-bond acceptors (Lipinski definition) is 5. The molecule has 4 heterocycles. The van der Waals surface area contributed by atoms with Crippen molar-refractivity contribution in [1.29, 1.82) is 0 Å². The lowest BCUT2D eigenvalue weighted by molar-refractivity contribution is -0.137. The molecule has 236 valence electrons. The third-order valence-corrected chi connectivity index (χ3v) is 8.68. The van der Waals surface area contributed by atoms with Gasteiger partial charge in [-0.25, -0.2) is 4.98 Å². The van der Waals surface area contributed by atoms with Gasteiger partial charge in [-0.1, -0.05) is 49.2 Å². The Balaban J connectivity index is 1.31. The van der Waals surface area contributed by atoms with Gasteiger partial charge in [-0.3, -0.25) is 24.3 Å². The van der Waals surface area contributed by atoms with Gasteiger partial charge in [-0.05, 0) is 54.1 Å².